The first-order chi connectivity index (χ1) is 13.4. The number of rotatable bonds is 6. The molecular weight excluding hydrogens is 468 g/mol. The summed E-state index contributed by atoms with van der Waals surface area (Å²) in [5.41, 5.74) is 1.78. The van der Waals surface area contributed by atoms with Crippen LogP contribution in [-0.4, -0.2) is 44.9 Å². The normalized spacial score (nSPS) is 15.4. The van der Waals surface area contributed by atoms with Crippen molar-refractivity contribution in [2.45, 2.75) is 12.3 Å². The number of nitrogens with zero attached hydrogens (tertiary/aromatic N) is 1. The average Bonchev–Trinajstić information content (AvgIpc) is 2.67. The Balaban J connectivity index is 1.71. The number of nitrogens with one attached hydrogen (secondary N) is 1. The van der Waals surface area contributed by atoms with Gasteiger partial charge in [0, 0.05) is 24.1 Å². The number of halogens is 2. The SMILES string of the molecule is O=C(NCc1ccccc1CS(=O)(=O)N1CCOCC1)c1ccc(Br)cc1Cl. The van der Waals surface area contributed by atoms with Gasteiger partial charge in [0.1, 0.15) is 0 Å². The predicted molar refractivity (Wildman–Crippen MR) is 112 cm³/mol. The summed E-state index contributed by atoms with van der Waals surface area (Å²) in [6.45, 7) is 1.75. The van der Waals surface area contributed by atoms with Gasteiger partial charge in [0.25, 0.3) is 5.91 Å². The number of benzene rings is 2. The Morgan fingerprint density at radius 3 is 2.50 bits per heavy atom. The smallest absolute Gasteiger partial charge is 0.253 e. The van der Waals surface area contributed by atoms with E-state index in [1.807, 2.05) is 12.1 Å². The average molecular weight is 488 g/mol. The van der Waals surface area contributed by atoms with Crippen LogP contribution in [0.15, 0.2) is 46.9 Å². The van der Waals surface area contributed by atoms with Crippen molar-refractivity contribution in [2.75, 3.05) is 26.3 Å². The number of carbonyl (C=O) groups excluding carboxylic acids is 1. The Kier molecular flexibility index (Phi) is 7.11. The van der Waals surface area contributed by atoms with Crippen LogP contribution in [0.4, 0.5) is 0 Å². The van der Waals surface area contributed by atoms with Gasteiger partial charge in [-0.1, -0.05) is 51.8 Å². The van der Waals surface area contributed by atoms with E-state index in [4.69, 9.17) is 16.3 Å². The lowest BCUT2D eigenvalue weighted by Gasteiger charge is -2.26. The molecule has 2 aromatic carbocycles. The summed E-state index contributed by atoms with van der Waals surface area (Å²) in [4.78, 5) is 12.4. The van der Waals surface area contributed by atoms with E-state index in [-0.39, 0.29) is 18.2 Å². The van der Waals surface area contributed by atoms with Gasteiger partial charge < -0.3 is 10.1 Å². The third-order valence-electron chi connectivity index (χ3n) is 4.43. The van der Waals surface area contributed by atoms with E-state index in [1.165, 1.54) is 4.31 Å². The Bertz CT molecular complexity index is 962. The number of hydrogen-bond acceptors (Lipinski definition) is 4. The van der Waals surface area contributed by atoms with E-state index in [1.54, 1.807) is 30.3 Å². The van der Waals surface area contributed by atoms with E-state index in [9.17, 15) is 13.2 Å². The molecule has 2 aromatic rings. The van der Waals surface area contributed by atoms with Crippen molar-refractivity contribution in [1.29, 1.82) is 0 Å². The molecule has 0 spiro atoms. The molecule has 1 amide bonds. The predicted octanol–water partition coefficient (Wildman–Crippen LogP) is 3.19. The maximum Gasteiger partial charge on any atom is 0.253 e. The fourth-order valence-electron chi connectivity index (χ4n) is 2.93. The van der Waals surface area contributed by atoms with Gasteiger partial charge in [-0.3, -0.25) is 4.79 Å². The van der Waals surface area contributed by atoms with Crippen LogP contribution in [-0.2, 0) is 27.1 Å². The molecule has 0 aliphatic carbocycles. The summed E-state index contributed by atoms with van der Waals surface area (Å²) in [6.07, 6.45) is 0. The molecule has 0 unspecified atom stereocenters. The first-order valence-electron chi connectivity index (χ1n) is 8.72. The number of amides is 1. The molecule has 1 aliphatic rings. The van der Waals surface area contributed by atoms with Gasteiger partial charge in [-0.2, -0.15) is 4.31 Å². The molecular formula is C19H20BrClN2O4S. The van der Waals surface area contributed by atoms with Crippen molar-refractivity contribution >= 4 is 43.5 Å². The van der Waals surface area contributed by atoms with Crippen molar-refractivity contribution in [1.82, 2.24) is 9.62 Å². The highest BCUT2D eigenvalue weighted by Gasteiger charge is 2.25. The van der Waals surface area contributed by atoms with Crippen molar-refractivity contribution in [3.8, 4) is 0 Å². The fourth-order valence-corrected chi connectivity index (χ4v) is 5.25. The highest BCUT2D eigenvalue weighted by atomic mass is 79.9. The minimum atomic E-state index is -3.45. The molecule has 1 saturated heterocycles. The number of carbonyl (C=O) groups is 1. The monoisotopic (exact) mass is 486 g/mol. The molecule has 6 nitrogen and oxygen atoms in total. The zero-order chi connectivity index (χ0) is 20.1. The Hall–Kier alpha value is -1.45. The highest BCUT2D eigenvalue weighted by Crippen LogP contribution is 2.22. The summed E-state index contributed by atoms with van der Waals surface area (Å²) in [6, 6.07) is 12.2. The van der Waals surface area contributed by atoms with Crippen molar-refractivity contribution < 1.29 is 17.9 Å². The first kappa shape index (κ1) is 21.3. The maximum absolute atomic E-state index is 12.7. The summed E-state index contributed by atoms with van der Waals surface area (Å²) in [7, 11) is -3.45. The topological polar surface area (TPSA) is 75.7 Å². The molecule has 0 bridgehead atoms. The van der Waals surface area contributed by atoms with Crippen molar-refractivity contribution in [3.05, 3.63) is 68.7 Å². The van der Waals surface area contributed by atoms with Gasteiger partial charge in [-0.15, -0.1) is 0 Å². The largest absolute Gasteiger partial charge is 0.379 e. The van der Waals surface area contributed by atoms with Gasteiger partial charge >= 0.3 is 0 Å². The zero-order valence-electron chi connectivity index (χ0n) is 15.0. The molecule has 28 heavy (non-hydrogen) atoms. The molecule has 0 radical (unpaired) electrons. The van der Waals surface area contributed by atoms with Crippen LogP contribution in [0.25, 0.3) is 0 Å². The van der Waals surface area contributed by atoms with Gasteiger partial charge in [0.05, 0.1) is 29.6 Å². The van der Waals surface area contributed by atoms with Crippen LogP contribution >= 0.6 is 27.5 Å². The lowest BCUT2D eigenvalue weighted by molar-refractivity contribution is 0.0729. The Morgan fingerprint density at radius 1 is 1.14 bits per heavy atom. The minimum absolute atomic E-state index is 0.113. The number of sulfonamides is 1. The zero-order valence-corrected chi connectivity index (χ0v) is 18.2. The molecule has 150 valence electrons. The van der Waals surface area contributed by atoms with Crippen molar-refractivity contribution in [3.63, 3.8) is 0 Å². The standard InChI is InChI=1S/C19H20BrClN2O4S/c20-16-5-6-17(18(21)11-16)19(24)22-12-14-3-1-2-4-15(14)13-28(25,26)23-7-9-27-10-8-23/h1-6,11H,7-10,12-13H2,(H,22,24). The lowest BCUT2D eigenvalue weighted by Crippen LogP contribution is -2.41. The number of hydrogen-bond donors (Lipinski definition) is 1. The van der Waals surface area contributed by atoms with Crippen LogP contribution in [0.2, 0.25) is 5.02 Å². The number of morpholine rings is 1. The Morgan fingerprint density at radius 2 is 1.82 bits per heavy atom. The minimum Gasteiger partial charge on any atom is -0.379 e. The third-order valence-corrected chi connectivity index (χ3v) is 7.07. The molecule has 1 aliphatic heterocycles. The first-order valence-corrected chi connectivity index (χ1v) is 11.5. The maximum atomic E-state index is 12.7. The molecule has 0 aromatic heterocycles. The summed E-state index contributed by atoms with van der Waals surface area (Å²) in [5, 5.41) is 3.16. The van der Waals surface area contributed by atoms with Crippen LogP contribution in [0.3, 0.4) is 0 Å². The van der Waals surface area contributed by atoms with Gasteiger partial charge in [0.2, 0.25) is 10.0 Å². The fraction of sp³-hybridized carbons (Fsp3) is 0.316. The molecule has 1 fully saturated rings. The second-order valence-corrected chi connectivity index (χ2v) is 9.63. The number of ether oxygens (including phenoxy) is 1. The van der Waals surface area contributed by atoms with Crippen molar-refractivity contribution in [2.24, 2.45) is 0 Å². The third kappa shape index (κ3) is 5.33. The van der Waals surface area contributed by atoms with E-state index in [0.717, 1.165) is 10.0 Å². The van der Waals surface area contributed by atoms with Gasteiger partial charge in [-0.25, -0.2) is 8.42 Å². The summed E-state index contributed by atoms with van der Waals surface area (Å²) >= 11 is 9.43. The molecule has 3 rings (SSSR count). The second kappa shape index (κ2) is 9.37. The summed E-state index contributed by atoms with van der Waals surface area (Å²) < 4.78 is 32.9. The van der Waals surface area contributed by atoms with E-state index in [0.29, 0.717) is 42.5 Å². The van der Waals surface area contributed by atoms with E-state index in [2.05, 4.69) is 21.2 Å². The Labute approximate surface area is 178 Å². The van der Waals surface area contributed by atoms with Crippen LogP contribution in [0.1, 0.15) is 21.5 Å². The second-order valence-electron chi connectivity index (χ2n) is 6.34. The summed E-state index contributed by atoms with van der Waals surface area (Å²) in [5.74, 6) is -0.429. The molecule has 1 N–H and O–H groups in total. The van der Waals surface area contributed by atoms with Gasteiger partial charge in [0.15, 0.2) is 0 Å². The highest BCUT2D eigenvalue weighted by molar-refractivity contribution is 9.10. The van der Waals surface area contributed by atoms with Crippen LogP contribution in [0, 0.1) is 0 Å². The quantitative estimate of drug-likeness (QED) is 0.679. The van der Waals surface area contributed by atoms with Crippen LogP contribution in [0.5, 0.6) is 0 Å². The molecule has 1 heterocycles. The van der Waals surface area contributed by atoms with Gasteiger partial charge in [-0.05, 0) is 29.3 Å². The molecule has 9 heteroatoms. The van der Waals surface area contributed by atoms with Crippen LogP contribution < -0.4 is 5.32 Å². The van der Waals surface area contributed by atoms with E-state index < -0.39 is 10.0 Å². The molecule has 0 saturated carbocycles. The lowest BCUT2D eigenvalue weighted by atomic mass is 10.1. The molecule has 0 atom stereocenters. The van der Waals surface area contributed by atoms with E-state index >= 15 is 0 Å².